The van der Waals surface area contributed by atoms with Crippen LogP contribution in [0.4, 0.5) is 0 Å². The van der Waals surface area contributed by atoms with Crippen LogP contribution in [0.5, 0.6) is 0 Å². The molecule has 2 atom stereocenters. The Labute approximate surface area is 242 Å². The van der Waals surface area contributed by atoms with E-state index in [4.69, 9.17) is 17.6 Å². The molecule has 202 valence electrons. The lowest BCUT2D eigenvalue weighted by Gasteiger charge is -2.32. The summed E-state index contributed by atoms with van der Waals surface area (Å²) in [5.41, 5.74) is 8.35. The van der Waals surface area contributed by atoms with Crippen molar-refractivity contribution in [1.29, 1.82) is 0 Å². The van der Waals surface area contributed by atoms with Gasteiger partial charge in [0.1, 0.15) is 11.2 Å². The number of thiol groups is 1. The van der Waals surface area contributed by atoms with Crippen LogP contribution in [-0.2, 0) is 22.7 Å². The fraction of sp³-hybridized carbons (Fsp3) is 0.290. The lowest BCUT2D eigenvalue weighted by Crippen LogP contribution is -2.51. The maximum Gasteiger partial charge on any atom is 0.243 e. The van der Waals surface area contributed by atoms with Gasteiger partial charge < -0.3 is 0 Å². The summed E-state index contributed by atoms with van der Waals surface area (Å²) in [6.45, 7) is 3.35. The summed E-state index contributed by atoms with van der Waals surface area (Å²) in [5.74, 6) is -0.399. The Bertz CT molecular complexity index is 1650. The fourth-order valence-corrected chi connectivity index (χ4v) is 7.57. The van der Waals surface area contributed by atoms with Crippen molar-refractivity contribution >= 4 is 51.6 Å². The molecule has 0 saturated carbocycles. The van der Waals surface area contributed by atoms with E-state index in [0.29, 0.717) is 19.4 Å². The zero-order valence-electron chi connectivity index (χ0n) is 21.9. The zero-order valence-corrected chi connectivity index (χ0v) is 23.6. The van der Waals surface area contributed by atoms with E-state index in [9.17, 15) is 9.59 Å². The molecule has 40 heavy (non-hydrogen) atoms. The van der Waals surface area contributed by atoms with Crippen molar-refractivity contribution in [2.45, 2.75) is 43.8 Å². The van der Waals surface area contributed by atoms with Crippen molar-refractivity contribution in [3.8, 4) is 11.1 Å². The first kappa shape index (κ1) is 25.6. The molecular formula is C31H29N5O2S2. The van der Waals surface area contributed by atoms with Crippen LogP contribution in [0.3, 0.4) is 0 Å². The monoisotopic (exact) mass is 567 g/mol. The molecule has 0 radical (unpaired) electrons. The maximum absolute atomic E-state index is 12.5. The van der Waals surface area contributed by atoms with Crippen molar-refractivity contribution in [2.75, 3.05) is 13.1 Å². The average molecular weight is 568 g/mol. The van der Waals surface area contributed by atoms with Crippen LogP contribution >= 0.6 is 24.0 Å². The Morgan fingerprint density at radius 1 is 1.07 bits per heavy atom. The van der Waals surface area contributed by atoms with E-state index in [1.165, 1.54) is 27.8 Å². The van der Waals surface area contributed by atoms with Crippen LogP contribution in [0.2, 0.25) is 0 Å². The second-order valence-corrected chi connectivity index (χ2v) is 12.0. The Morgan fingerprint density at radius 2 is 1.95 bits per heavy atom. The number of nitrogens with zero attached hydrogens (tertiary/aromatic N) is 4. The van der Waals surface area contributed by atoms with Gasteiger partial charge in [-0.05, 0) is 40.7 Å². The van der Waals surface area contributed by atoms with Crippen LogP contribution in [0.25, 0.3) is 26.9 Å². The largest absolute Gasteiger partial charge is 0.295 e. The standard InChI is InChI=1S/C31H29N5O2S2/c37-26-9-8-25(29(38)34-26)36-16-22-14-19(6-7-23(22)31(36)39)15-35-12-10-21(11-13-35)28-27-24(20-4-2-1-3-5-20)17-40-30(27)33-18-32-28/h1-7,10,14,17-18,25,31,39H,8-9,11-13,15-16H2,(H,34,37,38). The molecule has 4 aromatic rings. The second-order valence-electron chi connectivity index (χ2n) is 10.7. The van der Waals surface area contributed by atoms with Crippen LogP contribution in [0, 0.1) is 0 Å². The molecule has 3 aliphatic rings. The number of fused-ring (bicyclic) bond motifs is 2. The minimum absolute atomic E-state index is 0.143. The van der Waals surface area contributed by atoms with Gasteiger partial charge in [0.05, 0.1) is 17.1 Å². The van der Waals surface area contributed by atoms with E-state index in [2.05, 4.69) is 74.0 Å². The van der Waals surface area contributed by atoms with E-state index in [-0.39, 0.29) is 23.2 Å². The highest BCUT2D eigenvalue weighted by molar-refractivity contribution is 7.80. The summed E-state index contributed by atoms with van der Waals surface area (Å²) < 4.78 is 0. The number of benzene rings is 2. The molecule has 0 aliphatic carbocycles. The Balaban J connectivity index is 1.07. The average Bonchev–Trinajstić information content (AvgIpc) is 3.55. The van der Waals surface area contributed by atoms with E-state index >= 15 is 0 Å². The lowest BCUT2D eigenvalue weighted by atomic mass is 9.97. The van der Waals surface area contributed by atoms with Gasteiger partial charge >= 0.3 is 0 Å². The third kappa shape index (κ3) is 4.66. The molecule has 1 N–H and O–H groups in total. The quantitative estimate of drug-likeness (QED) is 0.255. The van der Waals surface area contributed by atoms with Gasteiger partial charge in [0.15, 0.2) is 0 Å². The summed E-state index contributed by atoms with van der Waals surface area (Å²) in [4.78, 5) is 39.0. The van der Waals surface area contributed by atoms with Gasteiger partial charge in [-0.1, -0.05) is 54.6 Å². The van der Waals surface area contributed by atoms with Crippen LogP contribution < -0.4 is 5.32 Å². The highest BCUT2D eigenvalue weighted by Gasteiger charge is 2.39. The molecule has 1 saturated heterocycles. The number of aromatic nitrogens is 2. The number of piperidine rings is 1. The molecule has 0 spiro atoms. The van der Waals surface area contributed by atoms with Gasteiger partial charge in [-0.3, -0.25) is 24.7 Å². The molecule has 2 aromatic carbocycles. The summed E-state index contributed by atoms with van der Waals surface area (Å²) in [7, 11) is 0. The molecule has 0 bridgehead atoms. The molecule has 1 fully saturated rings. The number of nitrogens with one attached hydrogen (secondary N) is 1. The highest BCUT2D eigenvalue weighted by atomic mass is 32.1. The lowest BCUT2D eigenvalue weighted by molar-refractivity contribution is -0.137. The molecule has 2 amide bonds. The first-order valence-electron chi connectivity index (χ1n) is 13.6. The predicted octanol–water partition coefficient (Wildman–Crippen LogP) is 5.20. The molecule has 9 heteroatoms. The van der Waals surface area contributed by atoms with Gasteiger partial charge in [0, 0.05) is 48.9 Å². The van der Waals surface area contributed by atoms with Crippen molar-refractivity contribution in [3.05, 3.63) is 88.7 Å². The Hall–Kier alpha value is -3.37. The summed E-state index contributed by atoms with van der Waals surface area (Å²) in [6, 6.07) is 16.7. The van der Waals surface area contributed by atoms with Crippen LogP contribution in [0.1, 0.15) is 47.0 Å². The van der Waals surface area contributed by atoms with Gasteiger partial charge in [0.25, 0.3) is 0 Å². The minimum atomic E-state index is -0.319. The molecule has 2 aromatic heterocycles. The molecule has 7 rings (SSSR count). The first-order chi connectivity index (χ1) is 19.5. The molecular weight excluding hydrogens is 539 g/mol. The van der Waals surface area contributed by atoms with E-state index < -0.39 is 0 Å². The minimum Gasteiger partial charge on any atom is -0.295 e. The first-order valence-corrected chi connectivity index (χ1v) is 15.0. The molecule has 7 nitrogen and oxygen atoms in total. The normalized spacial score (nSPS) is 21.9. The van der Waals surface area contributed by atoms with Crippen LogP contribution in [0.15, 0.2) is 66.3 Å². The topological polar surface area (TPSA) is 78.4 Å². The SMILES string of the molecule is O=C1CCC(N2Cc3cc(CN4CC=C(c5ncnc6scc(-c7ccccc7)c56)CC4)ccc3C2S)C(=O)N1. The van der Waals surface area contributed by atoms with Gasteiger partial charge in [-0.15, -0.1) is 11.3 Å². The van der Waals surface area contributed by atoms with Crippen molar-refractivity contribution in [1.82, 2.24) is 25.1 Å². The summed E-state index contributed by atoms with van der Waals surface area (Å²) in [5, 5.41) is 5.68. The third-order valence-corrected chi connectivity index (χ3v) is 9.68. The van der Waals surface area contributed by atoms with Crippen molar-refractivity contribution in [2.24, 2.45) is 0 Å². The Morgan fingerprint density at radius 3 is 2.75 bits per heavy atom. The molecule has 3 aliphatic heterocycles. The number of rotatable bonds is 5. The number of hydrogen-bond donors (Lipinski definition) is 2. The van der Waals surface area contributed by atoms with E-state index in [0.717, 1.165) is 47.5 Å². The summed E-state index contributed by atoms with van der Waals surface area (Å²) >= 11 is 6.51. The smallest absolute Gasteiger partial charge is 0.243 e. The summed E-state index contributed by atoms with van der Waals surface area (Å²) in [6.07, 6.45) is 5.86. The highest BCUT2D eigenvalue weighted by Crippen LogP contribution is 2.40. The zero-order chi connectivity index (χ0) is 27.2. The van der Waals surface area contributed by atoms with Gasteiger partial charge in [-0.25, -0.2) is 9.97 Å². The molecule has 5 heterocycles. The fourth-order valence-electron chi connectivity index (χ4n) is 6.16. The molecule has 2 unspecified atom stereocenters. The van der Waals surface area contributed by atoms with E-state index in [1.54, 1.807) is 17.7 Å². The number of carbonyl (C=O) groups is 2. The van der Waals surface area contributed by atoms with Crippen molar-refractivity contribution in [3.63, 3.8) is 0 Å². The maximum atomic E-state index is 12.5. The van der Waals surface area contributed by atoms with Gasteiger partial charge in [-0.2, -0.15) is 12.6 Å². The Kier molecular flexibility index (Phi) is 6.75. The number of amides is 2. The van der Waals surface area contributed by atoms with E-state index in [1.807, 2.05) is 6.07 Å². The van der Waals surface area contributed by atoms with Gasteiger partial charge in [0.2, 0.25) is 11.8 Å². The van der Waals surface area contributed by atoms with Crippen molar-refractivity contribution < 1.29 is 9.59 Å². The third-order valence-electron chi connectivity index (χ3n) is 8.22. The predicted molar refractivity (Wildman–Crippen MR) is 161 cm³/mol. The van der Waals surface area contributed by atoms with Crippen LogP contribution in [-0.4, -0.2) is 50.7 Å². The number of imide groups is 1. The second kappa shape index (κ2) is 10.6. The number of carbonyl (C=O) groups excluding carboxylic acids is 2. The number of thiophene rings is 1. The number of hydrogen-bond acceptors (Lipinski definition) is 8.